The number of aromatic nitrogens is 2. The van der Waals surface area contributed by atoms with Crippen LogP contribution in [0.5, 0.6) is 0 Å². The molecule has 0 saturated heterocycles. The maximum absolute atomic E-state index is 13.0. The van der Waals surface area contributed by atoms with Gasteiger partial charge in [0.05, 0.1) is 12.2 Å². The van der Waals surface area contributed by atoms with Crippen LogP contribution in [0, 0.1) is 0 Å². The maximum atomic E-state index is 13.0. The molecule has 0 aromatic carbocycles. The van der Waals surface area contributed by atoms with E-state index in [9.17, 15) is 14.7 Å². The van der Waals surface area contributed by atoms with Gasteiger partial charge in [0.2, 0.25) is 11.7 Å². The number of esters is 1. The molecule has 3 heterocycles. The number of Topliss-reactive ketones (excluding diaryl/α,β-unsaturated/α-hetero) is 1. The molecule has 0 atom stereocenters. The number of allylic oxidation sites excluding steroid dienone is 1. The number of nitrogens with zero attached hydrogens (tertiary/aromatic N) is 1. The average Bonchev–Trinajstić information content (AvgIpc) is 3.25. The molecule has 8 heteroatoms. The third-order valence-corrected chi connectivity index (χ3v) is 5.24. The standard InChI is InChI=1S/C22H25N3O5/c1-12(2)29-22(28)18-19(27)17(10-13-11-24-20-16(13)4-3-9-23-20)30-21(18)25-14-5-7-15(26)8-6-14/h3-4,9-12,14-15,25-26H,5-8H2,1-2H3,(H,23,24). The number of hydrogen-bond acceptors (Lipinski definition) is 7. The minimum atomic E-state index is -0.711. The van der Waals surface area contributed by atoms with E-state index in [4.69, 9.17) is 9.47 Å². The van der Waals surface area contributed by atoms with Gasteiger partial charge in [0.15, 0.2) is 11.3 Å². The zero-order chi connectivity index (χ0) is 21.3. The summed E-state index contributed by atoms with van der Waals surface area (Å²) in [7, 11) is 0. The zero-order valence-electron chi connectivity index (χ0n) is 17.0. The molecular weight excluding hydrogens is 386 g/mol. The lowest BCUT2D eigenvalue weighted by molar-refractivity contribution is -0.143. The average molecular weight is 411 g/mol. The molecule has 0 spiro atoms. The van der Waals surface area contributed by atoms with Crippen molar-refractivity contribution in [3.8, 4) is 0 Å². The summed E-state index contributed by atoms with van der Waals surface area (Å²) in [5, 5.41) is 13.8. The van der Waals surface area contributed by atoms with Crippen molar-refractivity contribution in [1.82, 2.24) is 15.3 Å². The monoisotopic (exact) mass is 411 g/mol. The van der Waals surface area contributed by atoms with E-state index < -0.39 is 11.8 Å². The normalized spacial score (nSPS) is 23.3. The summed E-state index contributed by atoms with van der Waals surface area (Å²) in [4.78, 5) is 33.0. The van der Waals surface area contributed by atoms with Gasteiger partial charge in [-0.1, -0.05) is 0 Å². The van der Waals surface area contributed by atoms with E-state index in [1.54, 1.807) is 32.3 Å². The van der Waals surface area contributed by atoms with Crippen LogP contribution in [0.4, 0.5) is 0 Å². The van der Waals surface area contributed by atoms with Crippen LogP contribution in [-0.2, 0) is 19.1 Å². The van der Waals surface area contributed by atoms with Crippen LogP contribution in [0.3, 0.4) is 0 Å². The van der Waals surface area contributed by atoms with Crippen LogP contribution in [0.2, 0.25) is 0 Å². The third-order valence-electron chi connectivity index (χ3n) is 5.24. The summed E-state index contributed by atoms with van der Waals surface area (Å²) in [6, 6.07) is 3.71. The van der Waals surface area contributed by atoms with E-state index in [2.05, 4.69) is 15.3 Å². The van der Waals surface area contributed by atoms with Crippen molar-refractivity contribution in [2.75, 3.05) is 0 Å². The van der Waals surface area contributed by atoms with Crippen molar-refractivity contribution in [2.45, 2.75) is 57.8 Å². The second-order valence-corrected chi connectivity index (χ2v) is 7.89. The Balaban J connectivity index is 1.63. The summed E-state index contributed by atoms with van der Waals surface area (Å²) in [5.41, 5.74) is 1.31. The van der Waals surface area contributed by atoms with E-state index in [0.29, 0.717) is 18.5 Å². The highest BCUT2D eigenvalue weighted by Crippen LogP contribution is 2.30. The number of H-pyrrole nitrogens is 1. The van der Waals surface area contributed by atoms with Gasteiger partial charge in [-0.15, -0.1) is 0 Å². The molecule has 2 aromatic rings. The van der Waals surface area contributed by atoms with Crippen molar-refractivity contribution in [1.29, 1.82) is 0 Å². The number of aromatic amines is 1. The van der Waals surface area contributed by atoms with Crippen molar-refractivity contribution < 1.29 is 24.2 Å². The molecule has 4 rings (SSSR count). The molecule has 1 aliphatic heterocycles. The van der Waals surface area contributed by atoms with Gasteiger partial charge in [0.25, 0.3) is 0 Å². The van der Waals surface area contributed by atoms with Crippen molar-refractivity contribution in [3.63, 3.8) is 0 Å². The van der Waals surface area contributed by atoms with E-state index in [0.717, 1.165) is 23.8 Å². The quantitative estimate of drug-likeness (QED) is 0.394. The minimum absolute atomic E-state index is 0.00897. The lowest BCUT2D eigenvalue weighted by Crippen LogP contribution is -2.35. The van der Waals surface area contributed by atoms with Crippen molar-refractivity contribution in [2.24, 2.45) is 0 Å². The molecule has 8 nitrogen and oxygen atoms in total. The summed E-state index contributed by atoms with van der Waals surface area (Å²) >= 11 is 0. The second kappa shape index (κ2) is 8.31. The van der Waals surface area contributed by atoms with Gasteiger partial charge < -0.3 is 24.9 Å². The Labute approximate surface area is 174 Å². The Bertz CT molecular complexity index is 1030. The first-order chi connectivity index (χ1) is 14.4. The molecule has 0 radical (unpaired) electrons. The number of hydrogen-bond donors (Lipinski definition) is 3. The van der Waals surface area contributed by atoms with Gasteiger partial charge in [-0.2, -0.15) is 0 Å². The molecule has 3 N–H and O–H groups in total. The molecule has 1 aliphatic carbocycles. The number of pyridine rings is 1. The third kappa shape index (κ3) is 4.09. The largest absolute Gasteiger partial charge is 0.459 e. The first kappa shape index (κ1) is 20.2. The van der Waals surface area contributed by atoms with Gasteiger partial charge in [0.1, 0.15) is 5.65 Å². The van der Waals surface area contributed by atoms with Crippen LogP contribution in [0.15, 0.2) is 41.7 Å². The predicted molar refractivity (Wildman–Crippen MR) is 110 cm³/mol. The molecule has 0 bridgehead atoms. The summed E-state index contributed by atoms with van der Waals surface area (Å²) in [6.45, 7) is 3.45. The first-order valence-electron chi connectivity index (χ1n) is 10.2. The Morgan fingerprint density at radius 3 is 2.87 bits per heavy atom. The number of ketones is 1. The predicted octanol–water partition coefficient (Wildman–Crippen LogP) is 2.56. The Morgan fingerprint density at radius 1 is 1.37 bits per heavy atom. The topological polar surface area (TPSA) is 114 Å². The fourth-order valence-corrected chi connectivity index (χ4v) is 3.73. The number of nitrogens with one attached hydrogen (secondary N) is 2. The maximum Gasteiger partial charge on any atom is 0.348 e. The molecule has 1 saturated carbocycles. The lowest BCUT2D eigenvalue weighted by Gasteiger charge is -2.27. The van der Waals surface area contributed by atoms with E-state index in [-0.39, 0.29) is 35.5 Å². The Morgan fingerprint density at radius 2 is 2.13 bits per heavy atom. The number of carbonyl (C=O) groups excluding carboxylic acids is 2. The second-order valence-electron chi connectivity index (χ2n) is 7.89. The van der Waals surface area contributed by atoms with Crippen molar-refractivity contribution in [3.05, 3.63) is 47.3 Å². The van der Waals surface area contributed by atoms with Gasteiger partial charge in [-0.05, 0) is 57.7 Å². The van der Waals surface area contributed by atoms with Crippen LogP contribution in [0.1, 0.15) is 45.1 Å². The molecule has 2 aromatic heterocycles. The van der Waals surface area contributed by atoms with Gasteiger partial charge >= 0.3 is 5.97 Å². The SMILES string of the molecule is CC(C)OC(=O)C1=C(NC2CCC(O)CC2)OC(=Cc2c[nH]c3ncccc23)C1=O. The van der Waals surface area contributed by atoms with Crippen molar-refractivity contribution >= 4 is 28.9 Å². The molecule has 0 amide bonds. The first-order valence-corrected chi connectivity index (χ1v) is 10.2. The number of ether oxygens (including phenoxy) is 2. The number of aliphatic hydroxyl groups excluding tert-OH is 1. The van der Waals surface area contributed by atoms with E-state index in [1.165, 1.54) is 0 Å². The highest BCUT2D eigenvalue weighted by Gasteiger charge is 2.38. The van der Waals surface area contributed by atoms with Gasteiger partial charge in [-0.25, -0.2) is 9.78 Å². The Hall–Kier alpha value is -3.13. The fourth-order valence-electron chi connectivity index (χ4n) is 3.73. The Kier molecular flexibility index (Phi) is 5.59. The molecule has 158 valence electrons. The number of aliphatic hydroxyl groups is 1. The highest BCUT2D eigenvalue weighted by molar-refractivity contribution is 6.26. The molecule has 0 unspecified atom stereocenters. The van der Waals surface area contributed by atoms with E-state index >= 15 is 0 Å². The summed E-state index contributed by atoms with van der Waals surface area (Å²) in [6.07, 6.45) is 7.12. The lowest BCUT2D eigenvalue weighted by atomic mass is 9.93. The molecular formula is C22H25N3O5. The smallest absolute Gasteiger partial charge is 0.348 e. The molecule has 2 aliphatic rings. The van der Waals surface area contributed by atoms with Crippen LogP contribution in [-0.4, -0.2) is 45.1 Å². The number of rotatable bonds is 5. The van der Waals surface area contributed by atoms with Crippen LogP contribution in [0.25, 0.3) is 17.1 Å². The van der Waals surface area contributed by atoms with Crippen LogP contribution >= 0.6 is 0 Å². The van der Waals surface area contributed by atoms with Gasteiger partial charge in [0, 0.05) is 29.4 Å². The molecule has 1 fully saturated rings. The van der Waals surface area contributed by atoms with E-state index in [1.807, 2.05) is 12.1 Å². The van der Waals surface area contributed by atoms with Gasteiger partial charge in [-0.3, -0.25) is 4.79 Å². The number of fused-ring (bicyclic) bond motifs is 1. The zero-order valence-corrected chi connectivity index (χ0v) is 17.0. The fraction of sp³-hybridized carbons (Fsp3) is 0.409. The highest BCUT2D eigenvalue weighted by atomic mass is 16.5. The number of carbonyl (C=O) groups is 2. The van der Waals surface area contributed by atoms with Crippen LogP contribution < -0.4 is 5.32 Å². The summed E-state index contributed by atoms with van der Waals surface area (Å²) < 4.78 is 11.1. The summed E-state index contributed by atoms with van der Waals surface area (Å²) in [5.74, 6) is -1.06. The minimum Gasteiger partial charge on any atom is -0.459 e. The molecule has 30 heavy (non-hydrogen) atoms.